The molecular formula is C35H28FN3O4S2. The number of halogens is 1. The number of nitrogens with zero attached hydrogens (tertiary/aromatic N) is 3. The lowest BCUT2D eigenvalue weighted by atomic mass is 9.95. The third-order valence-electron chi connectivity index (χ3n) is 7.34. The zero-order valence-electron chi connectivity index (χ0n) is 24.4. The number of benzene rings is 4. The molecular weight excluding hydrogens is 610 g/mol. The van der Waals surface area contributed by atoms with Gasteiger partial charge < -0.3 is 9.84 Å². The number of hydrogen-bond donors (Lipinski definition) is 1. The van der Waals surface area contributed by atoms with Crippen molar-refractivity contribution in [2.24, 2.45) is 0 Å². The lowest BCUT2D eigenvalue weighted by Gasteiger charge is -2.22. The first-order valence-corrected chi connectivity index (χ1v) is 15.9. The molecule has 0 bridgehead atoms. The number of carbonyl (C=O) groups is 2. The number of aryl methyl sites for hydroxylation is 2. The minimum absolute atomic E-state index is 0.0559. The molecule has 226 valence electrons. The van der Waals surface area contributed by atoms with E-state index in [0.717, 1.165) is 38.5 Å². The molecule has 1 atom stereocenters. The lowest BCUT2D eigenvalue weighted by Crippen LogP contribution is -2.29. The lowest BCUT2D eigenvalue weighted by molar-refractivity contribution is -0.132. The first-order valence-electron chi connectivity index (χ1n) is 14.1. The summed E-state index contributed by atoms with van der Waals surface area (Å²) in [5, 5.41) is 20.0. The fourth-order valence-electron chi connectivity index (χ4n) is 5.04. The van der Waals surface area contributed by atoms with Gasteiger partial charge in [-0.1, -0.05) is 101 Å². The standard InChI is InChI=1S/C35H28FN3O4S2/c1-21-10-12-23(13-11-21)20-44-35-38-37-34(45-35)39-30(27-8-3-4-9-28(27)36)29(32(41)33(39)42)31(40)25-14-16-26(17-15-25)43-19-24-7-5-6-22(2)18-24/h3-18,30,40H,19-20H2,1-2H3. The van der Waals surface area contributed by atoms with E-state index in [1.807, 2.05) is 62.4 Å². The van der Waals surface area contributed by atoms with Crippen molar-refractivity contribution in [3.05, 3.63) is 142 Å². The van der Waals surface area contributed by atoms with E-state index >= 15 is 4.39 Å². The summed E-state index contributed by atoms with van der Waals surface area (Å²) < 4.78 is 21.7. The number of Topliss-reactive ketones (excluding diaryl/α,β-unsaturated/α-hetero) is 1. The topological polar surface area (TPSA) is 92.6 Å². The van der Waals surface area contributed by atoms with Gasteiger partial charge in [-0.15, -0.1) is 10.2 Å². The van der Waals surface area contributed by atoms with Crippen molar-refractivity contribution in [2.45, 2.75) is 36.6 Å². The summed E-state index contributed by atoms with van der Waals surface area (Å²) in [5.41, 5.74) is 4.50. The molecule has 10 heteroatoms. The second-order valence-corrected chi connectivity index (χ2v) is 12.8. The van der Waals surface area contributed by atoms with Crippen LogP contribution in [-0.4, -0.2) is 27.0 Å². The van der Waals surface area contributed by atoms with Crippen molar-refractivity contribution < 1.29 is 23.8 Å². The number of aliphatic hydroxyl groups excluding tert-OH is 1. The molecule has 0 spiro atoms. The number of ether oxygens (including phenoxy) is 1. The van der Waals surface area contributed by atoms with E-state index in [-0.39, 0.29) is 21.8 Å². The molecule has 6 rings (SSSR count). The summed E-state index contributed by atoms with van der Waals surface area (Å²) in [7, 11) is 0. The van der Waals surface area contributed by atoms with Gasteiger partial charge in [0.15, 0.2) is 4.34 Å². The highest BCUT2D eigenvalue weighted by Gasteiger charge is 2.49. The van der Waals surface area contributed by atoms with Crippen molar-refractivity contribution in [2.75, 3.05) is 4.90 Å². The fraction of sp³-hybridized carbons (Fsp3) is 0.143. The van der Waals surface area contributed by atoms with E-state index in [4.69, 9.17) is 4.74 Å². The molecule has 1 N–H and O–H groups in total. The molecule has 0 radical (unpaired) electrons. The van der Waals surface area contributed by atoms with Gasteiger partial charge in [0, 0.05) is 16.9 Å². The maximum Gasteiger partial charge on any atom is 0.301 e. The van der Waals surface area contributed by atoms with Gasteiger partial charge in [0.1, 0.15) is 30.0 Å². The molecule has 2 heterocycles. The van der Waals surface area contributed by atoms with Crippen molar-refractivity contribution in [1.82, 2.24) is 10.2 Å². The Kier molecular flexibility index (Phi) is 8.77. The molecule has 5 aromatic rings. The molecule has 1 unspecified atom stereocenters. The van der Waals surface area contributed by atoms with Gasteiger partial charge in [0.05, 0.1) is 5.57 Å². The van der Waals surface area contributed by atoms with E-state index in [0.29, 0.717) is 22.4 Å². The van der Waals surface area contributed by atoms with Crippen LogP contribution < -0.4 is 9.64 Å². The summed E-state index contributed by atoms with van der Waals surface area (Å²) in [6, 6.07) is 27.2. The van der Waals surface area contributed by atoms with E-state index in [1.54, 1.807) is 30.3 Å². The Balaban J connectivity index is 1.30. The molecule has 1 aliphatic rings. The minimum Gasteiger partial charge on any atom is -0.507 e. The molecule has 1 aromatic heterocycles. The number of anilines is 1. The largest absolute Gasteiger partial charge is 0.507 e. The minimum atomic E-state index is -1.24. The Labute approximate surface area is 268 Å². The smallest absolute Gasteiger partial charge is 0.301 e. The predicted molar refractivity (Wildman–Crippen MR) is 174 cm³/mol. The van der Waals surface area contributed by atoms with Crippen molar-refractivity contribution in [1.29, 1.82) is 0 Å². The maximum atomic E-state index is 15.3. The third kappa shape index (κ3) is 6.52. The average Bonchev–Trinajstić information content (AvgIpc) is 3.61. The summed E-state index contributed by atoms with van der Waals surface area (Å²) >= 11 is 2.57. The Bertz CT molecular complexity index is 1910. The van der Waals surface area contributed by atoms with E-state index in [1.165, 1.54) is 30.0 Å². The van der Waals surface area contributed by atoms with Crippen molar-refractivity contribution in [3.8, 4) is 5.75 Å². The third-order valence-corrected chi connectivity index (χ3v) is 9.47. The molecule has 4 aromatic carbocycles. The van der Waals surface area contributed by atoms with Crippen LogP contribution in [-0.2, 0) is 21.9 Å². The highest BCUT2D eigenvalue weighted by atomic mass is 32.2. The number of hydrogen-bond acceptors (Lipinski definition) is 8. The molecule has 1 saturated heterocycles. The molecule has 0 saturated carbocycles. The first kappa shape index (κ1) is 30.2. The number of ketones is 1. The average molecular weight is 638 g/mol. The van der Waals surface area contributed by atoms with Gasteiger partial charge in [-0.2, -0.15) is 0 Å². The van der Waals surface area contributed by atoms with Crippen LogP contribution in [0.25, 0.3) is 5.76 Å². The van der Waals surface area contributed by atoms with E-state index in [2.05, 4.69) is 10.2 Å². The second-order valence-electron chi connectivity index (χ2n) is 10.6. The fourth-order valence-corrected chi connectivity index (χ4v) is 6.87. The summed E-state index contributed by atoms with van der Waals surface area (Å²) in [5.74, 6) is -1.72. The van der Waals surface area contributed by atoms with Crippen LogP contribution in [0.3, 0.4) is 0 Å². The van der Waals surface area contributed by atoms with Crippen molar-refractivity contribution >= 4 is 45.7 Å². The van der Waals surface area contributed by atoms with E-state index < -0.39 is 29.3 Å². The van der Waals surface area contributed by atoms with E-state index in [9.17, 15) is 14.7 Å². The van der Waals surface area contributed by atoms with Crippen LogP contribution in [0.1, 0.15) is 39.4 Å². The first-order chi connectivity index (χ1) is 21.8. The Morgan fingerprint density at radius 3 is 2.40 bits per heavy atom. The summed E-state index contributed by atoms with van der Waals surface area (Å²) in [6.45, 7) is 4.39. The van der Waals surface area contributed by atoms with Crippen LogP contribution in [0, 0.1) is 19.7 Å². The predicted octanol–water partition coefficient (Wildman–Crippen LogP) is 7.79. The highest BCUT2D eigenvalue weighted by molar-refractivity contribution is 8.00. The molecule has 1 amide bonds. The molecule has 1 fully saturated rings. The number of aliphatic hydroxyl groups is 1. The van der Waals surface area contributed by atoms with Crippen LogP contribution in [0.4, 0.5) is 9.52 Å². The van der Waals surface area contributed by atoms with Gasteiger partial charge in [-0.3, -0.25) is 14.5 Å². The van der Waals surface area contributed by atoms with Crippen LogP contribution >= 0.6 is 23.1 Å². The molecule has 1 aliphatic heterocycles. The van der Waals surface area contributed by atoms with Crippen LogP contribution in [0.15, 0.2) is 107 Å². The Hall–Kier alpha value is -4.80. The Morgan fingerprint density at radius 2 is 1.67 bits per heavy atom. The number of carbonyl (C=O) groups excluding carboxylic acids is 2. The summed E-state index contributed by atoms with van der Waals surface area (Å²) in [4.78, 5) is 28.1. The zero-order chi connectivity index (χ0) is 31.5. The quantitative estimate of drug-likeness (QED) is 0.0580. The molecule has 0 aliphatic carbocycles. The van der Waals surface area contributed by atoms with Gasteiger partial charge in [-0.25, -0.2) is 4.39 Å². The SMILES string of the molecule is Cc1ccc(CSc2nnc(N3C(=O)C(=O)C(=C(O)c4ccc(OCc5cccc(C)c5)cc4)C3c3ccccc3F)s2)cc1. The van der Waals surface area contributed by atoms with Gasteiger partial charge >= 0.3 is 5.91 Å². The van der Waals surface area contributed by atoms with Crippen molar-refractivity contribution in [3.63, 3.8) is 0 Å². The number of thioether (sulfide) groups is 1. The van der Waals surface area contributed by atoms with Crippen LogP contribution in [0.2, 0.25) is 0 Å². The number of amides is 1. The van der Waals surface area contributed by atoms with Gasteiger partial charge in [0.25, 0.3) is 5.78 Å². The number of aromatic nitrogens is 2. The second kappa shape index (κ2) is 13.1. The van der Waals surface area contributed by atoms with Crippen LogP contribution in [0.5, 0.6) is 5.75 Å². The summed E-state index contributed by atoms with van der Waals surface area (Å²) in [6.07, 6.45) is 0. The zero-order valence-corrected chi connectivity index (χ0v) is 26.1. The Morgan fingerprint density at radius 1 is 0.911 bits per heavy atom. The highest BCUT2D eigenvalue weighted by Crippen LogP contribution is 2.44. The monoisotopic (exact) mass is 637 g/mol. The maximum absolute atomic E-state index is 15.3. The number of rotatable bonds is 9. The molecule has 45 heavy (non-hydrogen) atoms. The van der Waals surface area contributed by atoms with Gasteiger partial charge in [-0.05, 0) is 55.3 Å². The molecule has 7 nitrogen and oxygen atoms in total. The van der Waals surface area contributed by atoms with Gasteiger partial charge in [0.2, 0.25) is 5.13 Å². The normalized spacial score (nSPS) is 15.9.